The van der Waals surface area contributed by atoms with Crippen LogP contribution in [0.2, 0.25) is 0 Å². The molecular weight excluding hydrogens is 252 g/mol. The van der Waals surface area contributed by atoms with Crippen molar-refractivity contribution in [1.29, 1.82) is 0 Å². The van der Waals surface area contributed by atoms with Gasteiger partial charge in [-0.3, -0.25) is 0 Å². The van der Waals surface area contributed by atoms with E-state index in [1.54, 1.807) is 23.1 Å². The Labute approximate surface area is 89.5 Å². The summed E-state index contributed by atoms with van der Waals surface area (Å²) in [5.41, 5.74) is 0. The summed E-state index contributed by atoms with van der Waals surface area (Å²) in [6.45, 7) is 9.78. The smallest absolute Gasteiger partial charge is 0.0705 e. The molecule has 0 atom stereocenters. The monoisotopic (exact) mass is 260 g/mol. The van der Waals surface area contributed by atoms with Crippen LogP contribution in [0, 0.1) is 0 Å². The molecule has 0 fully saturated rings. The number of thioether (sulfide) groups is 1. The second-order valence-electron chi connectivity index (χ2n) is 2.33. The largest absolute Gasteiger partial charge is 0.128 e. The van der Waals surface area contributed by atoms with Crippen LogP contribution in [0.15, 0.2) is 34.0 Å². The number of halogens is 1. The zero-order chi connectivity index (χ0) is 9.14. The molecule has 0 aliphatic heterocycles. The molecule has 3 heteroatoms. The fourth-order valence-corrected chi connectivity index (χ4v) is 2.82. The molecule has 1 heterocycles. The van der Waals surface area contributed by atoms with Gasteiger partial charge in [0, 0.05) is 9.78 Å². The van der Waals surface area contributed by atoms with Crippen LogP contribution in [0.1, 0.15) is 11.8 Å². The standard InChI is InChI=1S/C9H9BrS2/c1-6(2)11-7(3)8-4-5-9(10)12-8/h4-5H,1,3H2,2H3. The van der Waals surface area contributed by atoms with Gasteiger partial charge in [-0.05, 0) is 39.9 Å². The van der Waals surface area contributed by atoms with Crippen molar-refractivity contribution < 1.29 is 0 Å². The topological polar surface area (TPSA) is 0 Å². The van der Waals surface area contributed by atoms with Crippen molar-refractivity contribution >= 4 is 43.9 Å². The van der Waals surface area contributed by atoms with Gasteiger partial charge in [0.25, 0.3) is 0 Å². The first-order valence-electron chi connectivity index (χ1n) is 3.37. The lowest BCUT2D eigenvalue weighted by Crippen LogP contribution is -1.68. The maximum atomic E-state index is 3.97. The molecule has 0 radical (unpaired) electrons. The van der Waals surface area contributed by atoms with Crippen molar-refractivity contribution in [3.05, 3.63) is 38.9 Å². The molecule has 0 N–H and O–H groups in total. The zero-order valence-electron chi connectivity index (χ0n) is 6.76. The summed E-state index contributed by atoms with van der Waals surface area (Å²) in [7, 11) is 0. The first-order valence-corrected chi connectivity index (χ1v) is 5.80. The highest BCUT2D eigenvalue weighted by molar-refractivity contribution is 9.11. The molecule has 0 spiro atoms. The molecule has 1 aromatic rings. The van der Waals surface area contributed by atoms with E-state index >= 15 is 0 Å². The third kappa shape index (κ3) is 2.81. The van der Waals surface area contributed by atoms with E-state index in [0.717, 1.165) is 13.6 Å². The molecule has 1 rings (SSSR count). The highest BCUT2D eigenvalue weighted by Crippen LogP contribution is 2.36. The van der Waals surface area contributed by atoms with Crippen molar-refractivity contribution in [1.82, 2.24) is 0 Å². The average molecular weight is 261 g/mol. The Hall–Kier alpha value is 0.01000. The number of rotatable bonds is 3. The molecule has 0 aliphatic rings. The molecule has 0 bridgehead atoms. The number of hydrogen-bond donors (Lipinski definition) is 0. The molecular formula is C9H9BrS2. The second-order valence-corrected chi connectivity index (χ2v) is 6.19. The molecule has 1 aromatic heterocycles. The molecule has 0 unspecified atom stereocenters. The van der Waals surface area contributed by atoms with Crippen molar-refractivity contribution in [2.24, 2.45) is 0 Å². The van der Waals surface area contributed by atoms with Crippen LogP contribution in [0.3, 0.4) is 0 Å². The van der Waals surface area contributed by atoms with Gasteiger partial charge >= 0.3 is 0 Å². The first kappa shape index (κ1) is 10.1. The predicted octanol–water partition coefficient (Wildman–Crippen LogP) is 4.75. The predicted molar refractivity (Wildman–Crippen MR) is 63.5 cm³/mol. The molecule has 0 aromatic carbocycles. The van der Waals surface area contributed by atoms with Crippen LogP contribution < -0.4 is 0 Å². The van der Waals surface area contributed by atoms with E-state index in [2.05, 4.69) is 35.2 Å². The third-order valence-corrected chi connectivity index (χ3v) is 3.77. The molecule has 64 valence electrons. The molecule has 0 aliphatic carbocycles. The van der Waals surface area contributed by atoms with Crippen LogP contribution in [-0.4, -0.2) is 0 Å². The maximum Gasteiger partial charge on any atom is 0.0705 e. The number of hydrogen-bond acceptors (Lipinski definition) is 2. The molecule has 0 saturated heterocycles. The fraction of sp³-hybridized carbons (Fsp3) is 0.111. The van der Waals surface area contributed by atoms with Crippen LogP contribution in [-0.2, 0) is 0 Å². The minimum absolute atomic E-state index is 1.07. The van der Waals surface area contributed by atoms with Gasteiger partial charge in [0.15, 0.2) is 0 Å². The number of thiophene rings is 1. The van der Waals surface area contributed by atoms with Crippen molar-refractivity contribution in [3.63, 3.8) is 0 Å². The van der Waals surface area contributed by atoms with Gasteiger partial charge in [0.1, 0.15) is 0 Å². The Morgan fingerprint density at radius 1 is 1.50 bits per heavy atom. The zero-order valence-corrected chi connectivity index (χ0v) is 9.98. The first-order chi connectivity index (χ1) is 5.59. The van der Waals surface area contributed by atoms with Gasteiger partial charge in [-0.15, -0.1) is 11.3 Å². The van der Waals surface area contributed by atoms with Crippen molar-refractivity contribution in [2.75, 3.05) is 0 Å². The minimum atomic E-state index is 1.07. The number of allylic oxidation sites excluding steroid dienone is 1. The Morgan fingerprint density at radius 2 is 2.17 bits per heavy atom. The van der Waals surface area contributed by atoms with E-state index in [0.29, 0.717) is 0 Å². The highest BCUT2D eigenvalue weighted by Gasteiger charge is 2.02. The Kier molecular flexibility index (Phi) is 3.62. The van der Waals surface area contributed by atoms with Gasteiger partial charge in [-0.2, -0.15) is 0 Å². The summed E-state index contributed by atoms with van der Waals surface area (Å²) < 4.78 is 1.14. The average Bonchev–Trinajstić information content (AvgIpc) is 2.34. The van der Waals surface area contributed by atoms with Gasteiger partial charge in [0.05, 0.1) is 3.79 Å². The summed E-state index contributed by atoms with van der Waals surface area (Å²) in [5.74, 6) is 0. The lowest BCUT2D eigenvalue weighted by molar-refractivity contribution is 1.74. The molecule has 12 heavy (non-hydrogen) atoms. The van der Waals surface area contributed by atoms with Gasteiger partial charge in [0.2, 0.25) is 0 Å². The van der Waals surface area contributed by atoms with E-state index in [4.69, 9.17) is 0 Å². The van der Waals surface area contributed by atoms with E-state index in [-0.39, 0.29) is 0 Å². The normalized spacial score (nSPS) is 9.83. The van der Waals surface area contributed by atoms with Crippen LogP contribution in [0.4, 0.5) is 0 Å². The summed E-state index contributed by atoms with van der Waals surface area (Å²) in [6.07, 6.45) is 0. The van der Waals surface area contributed by atoms with E-state index in [1.807, 2.05) is 13.0 Å². The van der Waals surface area contributed by atoms with E-state index in [1.165, 1.54) is 4.88 Å². The minimum Gasteiger partial charge on any atom is -0.128 e. The Morgan fingerprint density at radius 3 is 2.58 bits per heavy atom. The summed E-state index contributed by atoms with van der Waals surface area (Å²) >= 11 is 6.73. The molecule has 0 nitrogen and oxygen atoms in total. The maximum absolute atomic E-state index is 3.97. The lowest BCUT2D eigenvalue weighted by atomic mass is 10.5. The van der Waals surface area contributed by atoms with Gasteiger partial charge in [-0.1, -0.05) is 24.9 Å². The van der Waals surface area contributed by atoms with Crippen molar-refractivity contribution in [3.8, 4) is 0 Å². The quantitative estimate of drug-likeness (QED) is 0.756. The van der Waals surface area contributed by atoms with Crippen LogP contribution in [0.5, 0.6) is 0 Å². The summed E-state index contributed by atoms with van der Waals surface area (Å²) in [5, 5.41) is 0. The SMILES string of the molecule is C=C(C)SC(=C)c1ccc(Br)s1. The summed E-state index contributed by atoms with van der Waals surface area (Å²) in [4.78, 5) is 3.34. The molecule has 0 saturated carbocycles. The Balaban J connectivity index is 2.72. The fourth-order valence-electron chi connectivity index (χ4n) is 0.725. The third-order valence-electron chi connectivity index (χ3n) is 1.15. The van der Waals surface area contributed by atoms with Crippen LogP contribution in [0.25, 0.3) is 4.91 Å². The molecule has 0 amide bonds. The Bertz CT molecular complexity index is 312. The summed E-state index contributed by atoms with van der Waals surface area (Å²) in [6, 6.07) is 4.09. The lowest BCUT2D eigenvalue weighted by Gasteiger charge is -1.99. The van der Waals surface area contributed by atoms with E-state index in [9.17, 15) is 0 Å². The second kappa shape index (κ2) is 4.30. The van der Waals surface area contributed by atoms with Crippen LogP contribution >= 0.6 is 39.0 Å². The van der Waals surface area contributed by atoms with Gasteiger partial charge < -0.3 is 0 Å². The van der Waals surface area contributed by atoms with E-state index < -0.39 is 0 Å². The van der Waals surface area contributed by atoms with Gasteiger partial charge in [-0.25, -0.2) is 0 Å². The van der Waals surface area contributed by atoms with Crippen molar-refractivity contribution in [2.45, 2.75) is 6.92 Å². The highest BCUT2D eigenvalue weighted by atomic mass is 79.9.